The van der Waals surface area contributed by atoms with Gasteiger partial charge in [0.25, 0.3) is 5.12 Å². The molecule has 5 heteroatoms. The lowest BCUT2D eigenvalue weighted by molar-refractivity contribution is -0.110. The van der Waals surface area contributed by atoms with Crippen molar-refractivity contribution in [3.8, 4) is 0 Å². The second-order valence-electron chi connectivity index (χ2n) is 1.96. The molecule has 68 valence electrons. The number of nitrogens with two attached hydrogens (primary N) is 1. The van der Waals surface area contributed by atoms with Crippen molar-refractivity contribution in [1.29, 1.82) is 0 Å². The first kappa shape index (κ1) is 11.0. The zero-order valence-electron chi connectivity index (χ0n) is 6.74. The summed E-state index contributed by atoms with van der Waals surface area (Å²) < 4.78 is 4.89. The summed E-state index contributed by atoms with van der Waals surface area (Å²) in [5.74, 6) is -0.0343. The fourth-order valence-electron chi connectivity index (χ4n) is 0.619. The van der Waals surface area contributed by atoms with Gasteiger partial charge in [-0.2, -0.15) is 0 Å². The van der Waals surface area contributed by atoms with Crippen LogP contribution in [-0.2, 0) is 14.3 Å². The van der Waals surface area contributed by atoms with Crippen molar-refractivity contribution in [3.05, 3.63) is 11.5 Å². The first-order chi connectivity index (χ1) is 5.63. The van der Waals surface area contributed by atoms with Gasteiger partial charge in [0.2, 0.25) is 0 Å². The first-order valence-corrected chi connectivity index (χ1v) is 3.86. The molecule has 0 bridgehead atoms. The number of carbonyl (C=O) groups is 2. The molecule has 4 nitrogen and oxygen atoms in total. The van der Waals surface area contributed by atoms with Crippen molar-refractivity contribution < 1.29 is 14.3 Å². The minimum Gasteiger partial charge on any atom is -0.488 e. The number of carbonyl (C=O) groups excluding carboxylic acids is 2. The van der Waals surface area contributed by atoms with Crippen molar-refractivity contribution >= 4 is 24.0 Å². The van der Waals surface area contributed by atoms with Crippen LogP contribution >= 0.6 is 12.6 Å². The molecule has 0 spiro atoms. The Hall–Kier alpha value is -0.970. The van der Waals surface area contributed by atoms with Crippen molar-refractivity contribution in [2.75, 3.05) is 6.61 Å². The second-order valence-corrected chi connectivity index (χ2v) is 2.37. The van der Waals surface area contributed by atoms with Gasteiger partial charge >= 0.3 is 0 Å². The lowest BCUT2D eigenvalue weighted by Crippen LogP contribution is -2.10. The number of hydrogen-bond donors (Lipinski definition) is 2. The normalized spacial score (nSPS) is 11.8. The highest BCUT2D eigenvalue weighted by Gasteiger charge is 2.10. The van der Waals surface area contributed by atoms with Crippen LogP contribution in [0.3, 0.4) is 0 Å². The van der Waals surface area contributed by atoms with E-state index in [-0.39, 0.29) is 17.9 Å². The van der Waals surface area contributed by atoms with E-state index in [4.69, 9.17) is 10.5 Å². The minimum absolute atomic E-state index is 0.0123. The van der Waals surface area contributed by atoms with Gasteiger partial charge in [-0.1, -0.05) is 12.6 Å². The third-order valence-corrected chi connectivity index (χ3v) is 1.28. The van der Waals surface area contributed by atoms with E-state index < -0.39 is 5.12 Å². The third-order valence-electron chi connectivity index (χ3n) is 1.08. The summed E-state index contributed by atoms with van der Waals surface area (Å²) in [5, 5.41) is -0.559. The monoisotopic (exact) mass is 189 g/mol. The standard InChI is InChI=1S/C7H11NO3S/c1-2-11-6(7(10)12)5(8)3-4-9/h4H,2-3,8H2,1H3,(H,10,12)/b6-5+. The number of rotatable bonds is 5. The Kier molecular flexibility index (Phi) is 5.19. The predicted octanol–water partition coefficient (Wildman–Crippen LogP) is 0.239. The molecule has 0 saturated carbocycles. The Morgan fingerprint density at radius 1 is 1.67 bits per heavy atom. The third kappa shape index (κ3) is 3.43. The van der Waals surface area contributed by atoms with Gasteiger partial charge in [0, 0.05) is 6.42 Å². The summed E-state index contributed by atoms with van der Waals surface area (Å²) >= 11 is 3.54. The van der Waals surface area contributed by atoms with Crippen LogP contribution in [0.25, 0.3) is 0 Å². The van der Waals surface area contributed by atoms with E-state index in [1.165, 1.54) is 0 Å². The van der Waals surface area contributed by atoms with E-state index in [2.05, 4.69) is 12.6 Å². The van der Waals surface area contributed by atoms with Crippen LogP contribution in [0.15, 0.2) is 11.5 Å². The topological polar surface area (TPSA) is 69.4 Å². The van der Waals surface area contributed by atoms with Crippen LogP contribution in [0, 0.1) is 0 Å². The molecule has 0 rings (SSSR count). The van der Waals surface area contributed by atoms with E-state index >= 15 is 0 Å². The molecular formula is C7H11NO3S. The fourth-order valence-corrected chi connectivity index (χ4v) is 0.827. The van der Waals surface area contributed by atoms with Crippen LogP contribution in [0.2, 0.25) is 0 Å². The van der Waals surface area contributed by atoms with Crippen LogP contribution in [0.5, 0.6) is 0 Å². The van der Waals surface area contributed by atoms with Gasteiger partial charge in [0.05, 0.1) is 12.3 Å². The second kappa shape index (κ2) is 5.65. The van der Waals surface area contributed by atoms with E-state index in [1.807, 2.05) is 0 Å². The minimum atomic E-state index is -0.559. The largest absolute Gasteiger partial charge is 0.488 e. The quantitative estimate of drug-likeness (QED) is 0.281. The number of thiol groups is 1. The highest BCUT2D eigenvalue weighted by molar-refractivity contribution is 7.97. The molecule has 12 heavy (non-hydrogen) atoms. The van der Waals surface area contributed by atoms with Gasteiger partial charge in [-0.15, -0.1) is 0 Å². The molecule has 0 aromatic rings. The molecule has 0 aromatic carbocycles. The van der Waals surface area contributed by atoms with Gasteiger partial charge in [-0.3, -0.25) is 4.79 Å². The first-order valence-electron chi connectivity index (χ1n) is 3.41. The summed E-state index contributed by atoms with van der Waals surface area (Å²) in [5.41, 5.74) is 5.49. The SMILES string of the molecule is CCO/C(C(=O)S)=C(/N)CC=O. The van der Waals surface area contributed by atoms with Crippen LogP contribution < -0.4 is 5.73 Å². The molecule has 0 saturated heterocycles. The number of ether oxygens (including phenoxy) is 1. The molecule has 0 atom stereocenters. The van der Waals surface area contributed by atoms with Gasteiger partial charge in [0.15, 0.2) is 5.76 Å². The molecule has 0 amide bonds. The van der Waals surface area contributed by atoms with E-state index in [1.54, 1.807) is 6.92 Å². The average molecular weight is 189 g/mol. The van der Waals surface area contributed by atoms with E-state index in [0.29, 0.717) is 12.9 Å². The summed E-state index contributed by atoms with van der Waals surface area (Å²) in [4.78, 5) is 20.8. The molecular weight excluding hydrogens is 178 g/mol. The van der Waals surface area contributed by atoms with Gasteiger partial charge < -0.3 is 15.3 Å². The fraction of sp³-hybridized carbons (Fsp3) is 0.429. The molecule has 0 heterocycles. The zero-order chi connectivity index (χ0) is 9.56. The van der Waals surface area contributed by atoms with Crippen molar-refractivity contribution in [3.63, 3.8) is 0 Å². The number of aldehydes is 1. The van der Waals surface area contributed by atoms with E-state index in [0.717, 1.165) is 0 Å². The maximum absolute atomic E-state index is 10.7. The summed E-state index contributed by atoms with van der Waals surface area (Å²) in [6, 6.07) is 0. The Bertz CT molecular complexity index is 213. The molecule has 2 N–H and O–H groups in total. The Morgan fingerprint density at radius 3 is 2.58 bits per heavy atom. The maximum atomic E-state index is 10.7. The molecule has 0 unspecified atom stereocenters. The van der Waals surface area contributed by atoms with Gasteiger partial charge in [-0.25, -0.2) is 0 Å². The lowest BCUT2D eigenvalue weighted by atomic mass is 10.3. The van der Waals surface area contributed by atoms with Crippen LogP contribution in [0.1, 0.15) is 13.3 Å². The van der Waals surface area contributed by atoms with E-state index in [9.17, 15) is 9.59 Å². The van der Waals surface area contributed by atoms with Gasteiger partial charge in [0.1, 0.15) is 6.29 Å². The molecule has 0 aliphatic carbocycles. The zero-order valence-corrected chi connectivity index (χ0v) is 7.64. The number of allylic oxidation sites excluding steroid dienone is 1. The highest BCUT2D eigenvalue weighted by atomic mass is 32.1. The molecule has 0 aromatic heterocycles. The highest BCUT2D eigenvalue weighted by Crippen LogP contribution is 2.07. The molecule has 0 aliphatic heterocycles. The summed E-state index contributed by atoms with van der Waals surface area (Å²) in [7, 11) is 0. The molecule has 0 fully saturated rings. The van der Waals surface area contributed by atoms with Crippen molar-refractivity contribution in [1.82, 2.24) is 0 Å². The predicted molar refractivity (Wildman–Crippen MR) is 47.5 cm³/mol. The summed E-state index contributed by atoms with van der Waals surface area (Å²) in [6.07, 6.45) is 0.590. The smallest absolute Gasteiger partial charge is 0.252 e. The Morgan fingerprint density at radius 2 is 2.25 bits per heavy atom. The number of hydrogen-bond acceptors (Lipinski definition) is 4. The van der Waals surface area contributed by atoms with Crippen molar-refractivity contribution in [2.45, 2.75) is 13.3 Å². The van der Waals surface area contributed by atoms with Gasteiger partial charge in [-0.05, 0) is 6.92 Å². The van der Waals surface area contributed by atoms with Crippen LogP contribution in [0.4, 0.5) is 0 Å². The maximum Gasteiger partial charge on any atom is 0.252 e. The van der Waals surface area contributed by atoms with Crippen molar-refractivity contribution in [2.24, 2.45) is 5.73 Å². The molecule has 0 radical (unpaired) electrons. The molecule has 0 aliphatic rings. The Balaban J connectivity index is 4.53. The lowest BCUT2D eigenvalue weighted by Gasteiger charge is -2.06. The average Bonchev–Trinajstić information content (AvgIpc) is 1.99. The Labute approximate surface area is 76.2 Å². The van der Waals surface area contributed by atoms with Crippen LogP contribution in [-0.4, -0.2) is 18.0 Å². The summed E-state index contributed by atoms with van der Waals surface area (Å²) in [6.45, 7) is 2.03.